The third-order valence-corrected chi connectivity index (χ3v) is 3.70. The number of rotatable bonds is 5. The van der Waals surface area contributed by atoms with Gasteiger partial charge in [-0.3, -0.25) is 4.68 Å². The van der Waals surface area contributed by atoms with Crippen molar-refractivity contribution in [2.45, 2.75) is 53.0 Å². The molecule has 0 saturated carbocycles. The number of halogens is 1. The Kier molecular flexibility index (Phi) is 4.92. The molecule has 3 heteroatoms. The van der Waals surface area contributed by atoms with Gasteiger partial charge >= 0.3 is 0 Å². The first-order chi connectivity index (χ1) is 6.74. The first kappa shape index (κ1) is 12.0. The van der Waals surface area contributed by atoms with Gasteiger partial charge in [-0.25, -0.2) is 0 Å². The Balaban J connectivity index is 2.90. The summed E-state index contributed by atoms with van der Waals surface area (Å²) in [6, 6.07) is 0. The first-order valence-electron chi connectivity index (χ1n) is 5.48. The third kappa shape index (κ3) is 2.49. The SMILES string of the molecule is CCCCn1nc(CC)c(I)c1CC. The highest BCUT2D eigenvalue weighted by atomic mass is 127. The molecule has 0 N–H and O–H groups in total. The standard InChI is InChI=1S/C11H19IN2/c1-4-7-8-14-10(6-3)11(12)9(5-2)13-14/h4-8H2,1-3H3. The van der Waals surface area contributed by atoms with Crippen molar-refractivity contribution >= 4 is 22.6 Å². The number of hydrogen-bond donors (Lipinski definition) is 0. The summed E-state index contributed by atoms with van der Waals surface area (Å²) in [6.07, 6.45) is 4.61. The quantitative estimate of drug-likeness (QED) is 0.762. The molecule has 1 aromatic rings. The number of hydrogen-bond acceptors (Lipinski definition) is 1. The summed E-state index contributed by atoms with van der Waals surface area (Å²) in [6.45, 7) is 7.69. The molecule has 0 aliphatic heterocycles. The van der Waals surface area contributed by atoms with Crippen LogP contribution in [0.15, 0.2) is 0 Å². The van der Waals surface area contributed by atoms with Crippen LogP contribution in [0, 0.1) is 3.57 Å². The van der Waals surface area contributed by atoms with E-state index in [1.807, 2.05) is 0 Å². The summed E-state index contributed by atoms with van der Waals surface area (Å²) < 4.78 is 3.58. The van der Waals surface area contributed by atoms with Crippen molar-refractivity contribution < 1.29 is 0 Å². The summed E-state index contributed by atoms with van der Waals surface area (Å²) in [5, 5.41) is 4.65. The Bertz CT molecular complexity index is 292. The van der Waals surface area contributed by atoms with E-state index in [9.17, 15) is 0 Å². The highest BCUT2D eigenvalue weighted by Crippen LogP contribution is 2.18. The summed E-state index contributed by atoms with van der Waals surface area (Å²) in [4.78, 5) is 0. The number of aryl methyl sites for hydroxylation is 2. The molecule has 1 rings (SSSR count). The maximum absolute atomic E-state index is 4.65. The molecule has 0 aliphatic rings. The Morgan fingerprint density at radius 3 is 2.43 bits per heavy atom. The summed E-state index contributed by atoms with van der Waals surface area (Å²) in [5.74, 6) is 0. The van der Waals surface area contributed by atoms with Gasteiger partial charge in [0, 0.05) is 6.54 Å². The molecule has 0 radical (unpaired) electrons. The van der Waals surface area contributed by atoms with E-state index in [0.29, 0.717) is 0 Å². The topological polar surface area (TPSA) is 17.8 Å². The van der Waals surface area contributed by atoms with Gasteiger partial charge in [-0.1, -0.05) is 27.2 Å². The Labute approximate surface area is 100 Å². The smallest absolute Gasteiger partial charge is 0.0758 e. The molecule has 0 aromatic carbocycles. The second-order valence-electron chi connectivity index (χ2n) is 3.49. The molecule has 14 heavy (non-hydrogen) atoms. The molecule has 0 spiro atoms. The van der Waals surface area contributed by atoms with E-state index >= 15 is 0 Å². The Hall–Kier alpha value is -0.0600. The molecule has 0 unspecified atom stereocenters. The average Bonchev–Trinajstić information content (AvgIpc) is 2.51. The zero-order chi connectivity index (χ0) is 10.6. The van der Waals surface area contributed by atoms with Gasteiger partial charge in [0.05, 0.1) is 15.0 Å². The molecule has 0 amide bonds. The molecule has 0 bridgehead atoms. The molecule has 0 fully saturated rings. The van der Waals surface area contributed by atoms with Crippen LogP contribution in [0.2, 0.25) is 0 Å². The molecule has 1 aromatic heterocycles. The van der Waals surface area contributed by atoms with Gasteiger partial charge in [0.25, 0.3) is 0 Å². The first-order valence-corrected chi connectivity index (χ1v) is 6.56. The lowest BCUT2D eigenvalue weighted by Gasteiger charge is -2.04. The van der Waals surface area contributed by atoms with Crippen LogP contribution in [-0.4, -0.2) is 9.78 Å². The van der Waals surface area contributed by atoms with Crippen molar-refractivity contribution in [2.75, 3.05) is 0 Å². The van der Waals surface area contributed by atoms with Gasteiger partial charge in [0.15, 0.2) is 0 Å². The molecular formula is C11H19IN2. The van der Waals surface area contributed by atoms with E-state index in [2.05, 4.69) is 53.1 Å². The van der Waals surface area contributed by atoms with Gasteiger partial charge in [-0.05, 0) is 41.9 Å². The number of aromatic nitrogens is 2. The molecule has 0 atom stereocenters. The van der Waals surface area contributed by atoms with E-state index in [4.69, 9.17) is 0 Å². The van der Waals surface area contributed by atoms with Gasteiger partial charge in [-0.2, -0.15) is 5.10 Å². The van der Waals surface area contributed by atoms with E-state index in [0.717, 1.165) is 19.4 Å². The predicted molar refractivity (Wildman–Crippen MR) is 68.6 cm³/mol. The van der Waals surface area contributed by atoms with Gasteiger partial charge < -0.3 is 0 Å². The average molecular weight is 306 g/mol. The zero-order valence-electron chi connectivity index (χ0n) is 9.31. The van der Waals surface area contributed by atoms with E-state index < -0.39 is 0 Å². The summed E-state index contributed by atoms with van der Waals surface area (Å²) in [5.41, 5.74) is 2.68. The maximum Gasteiger partial charge on any atom is 0.0758 e. The zero-order valence-corrected chi connectivity index (χ0v) is 11.5. The fourth-order valence-electron chi connectivity index (χ4n) is 1.59. The van der Waals surface area contributed by atoms with Crippen molar-refractivity contribution in [3.8, 4) is 0 Å². The second-order valence-corrected chi connectivity index (χ2v) is 4.57. The normalized spacial score (nSPS) is 10.9. The van der Waals surface area contributed by atoms with Crippen LogP contribution in [0.3, 0.4) is 0 Å². The minimum absolute atomic E-state index is 1.05. The third-order valence-electron chi connectivity index (χ3n) is 2.45. The molecule has 0 aliphatic carbocycles. The lowest BCUT2D eigenvalue weighted by molar-refractivity contribution is 0.546. The number of unbranched alkanes of at least 4 members (excludes halogenated alkanes) is 1. The van der Waals surface area contributed by atoms with Crippen molar-refractivity contribution in [3.05, 3.63) is 15.0 Å². The largest absolute Gasteiger partial charge is 0.268 e. The highest BCUT2D eigenvalue weighted by molar-refractivity contribution is 14.1. The van der Waals surface area contributed by atoms with Crippen molar-refractivity contribution in [3.63, 3.8) is 0 Å². The van der Waals surface area contributed by atoms with Crippen LogP contribution in [0.5, 0.6) is 0 Å². The fourth-order valence-corrected chi connectivity index (χ4v) is 2.74. The number of nitrogens with zero attached hydrogens (tertiary/aromatic N) is 2. The fraction of sp³-hybridized carbons (Fsp3) is 0.727. The van der Waals surface area contributed by atoms with Crippen molar-refractivity contribution in [2.24, 2.45) is 0 Å². The van der Waals surface area contributed by atoms with Crippen molar-refractivity contribution in [1.29, 1.82) is 0 Å². The van der Waals surface area contributed by atoms with E-state index in [1.54, 1.807) is 0 Å². The molecule has 1 heterocycles. The van der Waals surface area contributed by atoms with Gasteiger partial charge in [0.1, 0.15) is 0 Å². The van der Waals surface area contributed by atoms with Crippen LogP contribution in [0.25, 0.3) is 0 Å². The van der Waals surface area contributed by atoms with E-state index in [-0.39, 0.29) is 0 Å². The van der Waals surface area contributed by atoms with Crippen LogP contribution < -0.4 is 0 Å². The molecule has 2 nitrogen and oxygen atoms in total. The minimum Gasteiger partial charge on any atom is -0.268 e. The van der Waals surface area contributed by atoms with Gasteiger partial charge in [-0.15, -0.1) is 0 Å². The van der Waals surface area contributed by atoms with Gasteiger partial charge in [0.2, 0.25) is 0 Å². The summed E-state index contributed by atoms with van der Waals surface area (Å²) >= 11 is 2.43. The van der Waals surface area contributed by atoms with E-state index in [1.165, 1.54) is 27.8 Å². The monoisotopic (exact) mass is 306 g/mol. The Morgan fingerprint density at radius 2 is 1.93 bits per heavy atom. The van der Waals surface area contributed by atoms with Crippen LogP contribution in [-0.2, 0) is 19.4 Å². The highest BCUT2D eigenvalue weighted by Gasteiger charge is 2.11. The Morgan fingerprint density at radius 1 is 1.21 bits per heavy atom. The predicted octanol–water partition coefficient (Wildman–Crippen LogP) is 3.41. The van der Waals surface area contributed by atoms with Crippen LogP contribution in [0.1, 0.15) is 45.0 Å². The van der Waals surface area contributed by atoms with Crippen LogP contribution in [0.4, 0.5) is 0 Å². The second kappa shape index (κ2) is 5.73. The molecule has 0 saturated heterocycles. The molecular weight excluding hydrogens is 287 g/mol. The lowest BCUT2D eigenvalue weighted by atomic mass is 10.2. The van der Waals surface area contributed by atoms with Crippen LogP contribution >= 0.6 is 22.6 Å². The molecule has 80 valence electrons. The van der Waals surface area contributed by atoms with Crippen molar-refractivity contribution in [1.82, 2.24) is 9.78 Å². The summed E-state index contributed by atoms with van der Waals surface area (Å²) in [7, 11) is 0. The lowest BCUT2D eigenvalue weighted by Crippen LogP contribution is -2.04. The minimum atomic E-state index is 1.05. The maximum atomic E-state index is 4.65.